The first-order valence-electron chi connectivity index (χ1n) is 9.01. The SMILES string of the molecule is COC1CCCN(CC2(CNC(C)C)CCCC(C)C2)C1. The highest BCUT2D eigenvalue weighted by molar-refractivity contribution is 4.91. The molecule has 1 N–H and O–H groups in total. The molecule has 1 aliphatic heterocycles. The molecule has 0 spiro atoms. The first kappa shape index (κ1) is 17.2. The average Bonchev–Trinajstić information content (AvgIpc) is 2.45. The molecular formula is C18H36N2O. The molecule has 3 heteroatoms. The van der Waals surface area contributed by atoms with E-state index >= 15 is 0 Å². The van der Waals surface area contributed by atoms with Crippen molar-refractivity contribution in [3.05, 3.63) is 0 Å². The number of nitrogens with zero attached hydrogens (tertiary/aromatic N) is 1. The number of ether oxygens (including phenoxy) is 1. The van der Waals surface area contributed by atoms with Crippen LogP contribution in [0.15, 0.2) is 0 Å². The summed E-state index contributed by atoms with van der Waals surface area (Å²) in [7, 11) is 1.87. The van der Waals surface area contributed by atoms with Crippen molar-refractivity contribution in [1.29, 1.82) is 0 Å². The first-order chi connectivity index (χ1) is 10.0. The van der Waals surface area contributed by atoms with E-state index in [-0.39, 0.29) is 0 Å². The van der Waals surface area contributed by atoms with Crippen LogP contribution in [-0.2, 0) is 4.74 Å². The van der Waals surface area contributed by atoms with Gasteiger partial charge in [-0.25, -0.2) is 0 Å². The maximum Gasteiger partial charge on any atom is 0.0698 e. The van der Waals surface area contributed by atoms with E-state index in [9.17, 15) is 0 Å². The lowest BCUT2D eigenvalue weighted by atomic mass is 9.69. The molecule has 2 aliphatic rings. The van der Waals surface area contributed by atoms with Crippen molar-refractivity contribution in [2.45, 2.75) is 71.4 Å². The highest BCUT2D eigenvalue weighted by atomic mass is 16.5. The molecule has 3 nitrogen and oxygen atoms in total. The van der Waals surface area contributed by atoms with Crippen molar-refractivity contribution >= 4 is 0 Å². The minimum atomic E-state index is 0.454. The number of methoxy groups -OCH3 is 1. The Hall–Kier alpha value is -0.120. The highest BCUT2D eigenvalue weighted by Gasteiger charge is 2.37. The second kappa shape index (κ2) is 7.94. The minimum absolute atomic E-state index is 0.454. The summed E-state index contributed by atoms with van der Waals surface area (Å²) < 4.78 is 5.61. The normalized spacial score (nSPS) is 35.3. The standard InChI is InChI=1S/C18H36N2O/c1-15(2)19-13-18(9-5-7-16(3)11-18)14-20-10-6-8-17(12-20)21-4/h15-17,19H,5-14H2,1-4H3. The second-order valence-corrected chi connectivity index (χ2v) is 7.97. The third kappa shape index (κ3) is 5.22. The number of rotatable bonds is 6. The van der Waals surface area contributed by atoms with Crippen molar-refractivity contribution < 1.29 is 4.74 Å². The molecule has 124 valence electrons. The van der Waals surface area contributed by atoms with Gasteiger partial charge in [-0.1, -0.05) is 33.6 Å². The van der Waals surface area contributed by atoms with E-state index in [0.717, 1.165) is 12.5 Å². The van der Waals surface area contributed by atoms with Crippen LogP contribution in [-0.4, -0.2) is 50.3 Å². The lowest BCUT2D eigenvalue weighted by Crippen LogP contribution is -2.51. The van der Waals surface area contributed by atoms with Crippen LogP contribution in [0.3, 0.4) is 0 Å². The van der Waals surface area contributed by atoms with Gasteiger partial charge in [-0.2, -0.15) is 0 Å². The predicted molar refractivity (Wildman–Crippen MR) is 89.7 cm³/mol. The van der Waals surface area contributed by atoms with E-state index in [1.807, 2.05) is 7.11 Å². The van der Waals surface area contributed by atoms with E-state index in [0.29, 0.717) is 17.6 Å². The molecule has 2 fully saturated rings. The third-order valence-corrected chi connectivity index (χ3v) is 5.43. The van der Waals surface area contributed by atoms with E-state index in [1.165, 1.54) is 58.2 Å². The summed E-state index contributed by atoms with van der Waals surface area (Å²) >= 11 is 0. The monoisotopic (exact) mass is 296 g/mol. The number of piperidine rings is 1. The molecule has 21 heavy (non-hydrogen) atoms. The molecule has 2 rings (SSSR count). The molecule has 0 bridgehead atoms. The van der Waals surface area contributed by atoms with Gasteiger partial charge in [-0.15, -0.1) is 0 Å². The fraction of sp³-hybridized carbons (Fsp3) is 1.00. The zero-order valence-electron chi connectivity index (χ0n) is 14.7. The van der Waals surface area contributed by atoms with Gasteiger partial charge < -0.3 is 15.0 Å². The number of hydrogen-bond acceptors (Lipinski definition) is 3. The molecule has 0 aromatic heterocycles. The summed E-state index contributed by atoms with van der Waals surface area (Å²) in [4.78, 5) is 2.68. The maximum absolute atomic E-state index is 5.61. The van der Waals surface area contributed by atoms with Gasteiger partial charge in [0.25, 0.3) is 0 Å². The van der Waals surface area contributed by atoms with Gasteiger partial charge in [0.05, 0.1) is 6.10 Å². The van der Waals surface area contributed by atoms with Crippen molar-refractivity contribution in [2.24, 2.45) is 11.3 Å². The Morgan fingerprint density at radius 1 is 1.29 bits per heavy atom. The van der Waals surface area contributed by atoms with Crippen LogP contribution in [0.4, 0.5) is 0 Å². The lowest BCUT2D eigenvalue weighted by Gasteiger charge is -2.45. The van der Waals surface area contributed by atoms with Crippen LogP contribution < -0.4 is 5.32 Å². The second-order valence-electron chi connectivity index (χ2n) is 7.97. The van der Waals surface area contributed by atoms with Crippen LogP contribution in [0.1, 0.15) is 59.3 Å². The van der Waals surface area contributed by atoms with Crippen LogP contribution in [0.2, 0.25) is 0 Å². The Morgan fingerprint density at radius 2 is 2.10 bits per heavy atom. The summed E-state index contributed by atoms with van der Waals surface area (Å²) in [6.07, 6.45) is 8.59. The Labute approximate surface area is 131 Å². The van der Waals surface area contributed by atoms with E-state index in [1.54, 1.807) is 0 Å². The maximum atomic E-state index is 5.61. The topological polar surface area (TPSA) is 24.5 Å². The summed E-state index contributed by atoms with van der Waals surface area (Å²) in [5.74, 6) is 0.885. The zero-order chi connectivity index (χ0) is 15.3. The molecular weight excluding hydrogens is 260 g/mol. The Bertz CT molecular complexity index is 308. The summed E-state index contributed by atoms with van der Waals surface area (Å²) in [5, 5.41) is 3.73. The Kier molecular flexibility index (Phi) is 6.51. The van der Waals surface area contributed by atoms with Crippen molar-refractivity contribution in [2.75, 3.05) is 33.3 Å². The van der Waals surface area contributed by atoms with Crippen LogP contribution >= 0.6 is 0 Å². The van der Waals surface area contributed by atoms with Gasteiger partial charge in [0.1, 0.15) is 0 Å². The molecule has 0 aromatic rings. The van der Waals surface area contributed by atoms with Crippen LogP contribution in [0.25, 0.3) is 0 Å². The smallest absolute Gasteiger partial charge is 0.0698 e. The molecule has 1 aliphatic carbocycles. The van der Waals surface area contributed by atoms with Gasteiger partial charge >= 0.3 is 0 Å². The van der Waals surface area contributed by atoms with E-state index in [4.69, 9.17) is 4.74 Å². The van der Waals surface area contributed by atoms with E-state index < -0.39 is 0 Å². The lowest BCUT2D eigenvalue weighted by molar-refractivity contribution is 0.00163. The quantitative estimate of drug-likeness (QED) is 0.814. The number of hydrogen-bond donors (Lipinski definition) is 1. The summed E-state index contributed by atoms with van der Waals surface area (Å²) in [6.45, 7) is 11.8. The largest absolute Gasteiger partial charge is 0.380 e. The molecule has 1 saturated heterocycles. The molecule has 3 unspecified atom stereocenters. The van der Waals surface area contributed by atoms with Crippen molar-refractivity contribution in [3.8, 4) is 0 Å². The molecule has 0 aromatic carbocycles. The van der Waals surface area contributed by atoms with Crippen LogP contribution in [0, 0.1) is 11.3 Å². The van der Waals surface area contributed by atoms with Gasteiger partial charge in [-0.05, 0) is 43.6 Å². The molecule has 1 saturated carbocycles. The van der Waals surface area contributed by atoms with Crippen molar-refractivity contribution in [1.82, 2.24) is 10.2 Å². The minimum Gasteiger partial charge on any atom is -0.380 e. The Morgan fingerprint density at radius 3 is 2.76 bits per heavy atom. The predicted octanol–water partition coefficient (Wildman–Crippen LogP) is 3.29. The van der Waals surface area contributed by atoms with Crippen LogP contribution in [0.5, 0.6) is 0 Å². The summed E-state index contributed by atoms with van der Waals surface area (Å²) in [5.41, 5.74) is 0.484. The van der Waals surface area contributed by atoms with Crippen molar-refractivity contribution in [3.63, 3.8) is 0 Å². The molecule has 1 heterocycles. The van der Waals surface area contributed by atoms with Gasteiger partial charge in [0, 0.05) is 32.8 Å². The van der Waals surface area contributed by atoms with E-state index in [2.05, 4.69) is 31.0 Å². The zero-order valence-corrected chi connectivity index (χ0v) is 14.7. The third-order valence-electron chi connectivity index (χ3n) is 5.43. The first-order valence-corrected chi connectivity index (χ1v) is 9.01. The fourth-order valence-corrected chi connectivity index (χ4v) is 4.37. The van der Waals surface area contributed by atoms with Gasteiger partial charge in [0.2, 0.25) is 0 Å². The highest BCUT2D eigenvalue weighted by Crippen LogP contribution is 2.40. The average molecular weight is 296 g/mol. The molecule has 0 amide bonds. The fourth-order valence-electron chi connectivity index (χ4n) is 4.37. The number of likely N-dealkylation sites (tertiary alicyclic amines) is 1. The molecule has 3 atom stereocenters. The Balaban J connectivity index is 1.97. The van der Waals surface area contributed by atoms with Gasteiger partial charge in [0.15, 0.2) is 0 Å². The van der Waals surface area contributed by atoms with Gasteiger partial charge in [-0.3, -0.25) is 0 Å². The summed E-state index contributed by atoms with van der Waals surface area (Å²) in [6, 6.07) is 0.590. The number of nitrogens with one attached hydrogen (secondary N) is 1. The molecule has 0 radical (unpaired) electrons.